The second kappa shape index (κ2) is 10.7. The first-order valence-corrected chi connectivity index (χ1v) is 11.8. The third-order valence-electron chi connectivity index (χ3n) is 4.63. The average Bonchev–Trinajstić information content (AvgIpc) is 2.74. The number of carbonyl (C=O) groups is 3. The standard InChI is InChI=1S/C22H25ClN2O6S/c1-5-25(6-2)32(29,30)20-13-17(9-12-19(20)23)22(28)31-14(3)21(27)16-7-10-18(11-8-16)24-15(4)26/h7-14H,5-6H2,1-4H3,(H,24,26). The van der Waals surface area contributed by atoms with E-state index in [0.29, 0.717) is 11.3 Å². The highest BCUT2D eigenvalue weighted by molar-refractivity contribution is 7.89. The lowest BCUT2D eigenvalue weighted by molar-refractivity contribution is -0.114. The molecule has 0 heterocycles. The summed E-state index contributed by atoms with van der Waals surface area (Å²) in [6.07, 6.45) is -1.12. The van der Waals surface area contributed by atoms with Gasteiger partial charge < -0.3 is 10.1 Å². The maximum Gasteiger partial charge on any atom is 0.338 e. The van der Waals surface area contributed by atoms with Crippen LogP contribution in [0.5, 0.6) is 0 Å². The third-order valence-corrected chi connectivity index (χ3v) is 7.16. The Labute approximate surface area is 192 Å². The molecule has 1 atom stereocenters. The number of nitrogens with zero attached hydrogens (tertiary/aromatic N) is 1. The van der Waals surface area contributed by atoms with Crippen molar-refractivity contribution >= 4 is 45.0 Å². The van der Waals surface area contributed by atoms with Gasteiger partial charge in [0.2, 0.25) is 21.7 Å². The van der Waals surface area contributed by atoms with Crippen LogP contribution in [0.4, 0.5) is 5.69 Å². The second-order valence-corrected chi connectivity index (χ2v) is 9.22. The molecular formula is C22H25ClN2O6S. The van der Waals surface area contributed by atoms with E-state index < -0.39 is 27.9 Å². The maximum absolute atomic E-state index is 12.8. The summed E-state index contributed by atoms with van der Waals surface area (Å²) in [5, 5.41) is 2.58. The molecule has 172 valence electrons. The third kappa shape index (κ3) is 5.93. The number of amides is 1. The Morgan fingerprint density at radius 1 is 1.03 bits per heavy atom. The Bertz CT molecular complexity index is 1110. The predicted molar refractivity (Wildman–Crippen MR) is 122 cm³/mol. The molecular weight excluding hydrogens is 456 g/mol. The Kier molecular flexibility index (Phi) is 8.54. The Morgan fingerprint density at radius 3 is 2.12 bits per heavy atom. The summed E-state index contributed by atoms with van der Waals surface area (Å²) >= 11 is 6.09. The molecule has 2 rings (SSSR count). The fourth-order valence-electron chi connectivity index (χ4n) is 2.97. The summed E-state index contributed by atoms with van der Waals surface area (Å²) in [5.74, 6) is -1.54. The van der Waals surface area contributed by atoms with E-state index >= 15 is 0 Å². The van der Waals surface area contributed by atoms with E-state index in [9.17, 15) is 22.8 Å². The van der Waals surface area contributed by atoms with Crippen molar-refractivity contribution in [2.75, 3.05) is 18.4 Å². The van der Waals surface area contributed by atoms with Gasteiger partial charge in [-0.25, -0.2) is 13.2 Å². The molecule has 32 heavy (non-hydrogen) atoms. The lowest BCUT2D eigenvalue weighted by Crippen LogP contribution is -2.31. The van der Waals surface area contributed by atoms with Crippen LogP contribution in [0.2, 0.25) is 5.02 Å². The molecule has 1 N–H and O–H groups in total. The first kappa shape index (κ1) is 25.5. The summed E-state index contributed by atoms with van der Waals surface area (Å²) in [4.78, 5) is 36.1. The van der Waals surface area contributed by atoms with Crippen molar-refractivity contribution in [1.82, 2.24) is 4.31 Å². The Hall–Kier alpha value is -2.75. The van der Waals surface area contributed by atoms with Crippen molar-refractivity contribution in [2.24, 2.45) is 0 Å². The zero-order valence-electron chi connectivity index (χ0n) is 18.2. The Balaban J connectivity index is 2.20. The van der Waals surface area contributed by atoms with Crippen LogP contribution in [-0.2, 0) is 19.6 Å². The molecule has 8 nitrogen and oxygen atoms in total. The number of anilines is 1. The zero-order chi connectivity index (χ0) is 24.1. The lowest BCUT2D eigenvalue weighted by Gasteiger charge is -2.19. The van der Waals surface area contributed by atoms with Gasteiger partial charge in [0.25, 0.3) is 0 Å². The number of Topliss-reactive ketones (excluding diaryl/α,β-unsaturated/α-hetero) is 1. The number of hydrogen-bond acceptors (Lipinski definition) is 6. The van der Waals surface area contributed by atoms with Gasteiger partial charge in [0.15, 0.2) is 6.10 Å². The number of ketones is 1. The number of ether oxygens (including phenoxy) is 1. The summed E-state index contributed by atoms with van der Waals surface area (Å²) in [7, 11) is -3.89. The minimum Gasteiger partial charge on any atom is -0.451 e. The smallest absolute Gasteiger partial charge is 0.338 e. The van der Waals surface area contributed by atoms with Crippen molar-refractivity contribution in [1.29, 1.82) is 0 Å². The van der Waals surface area contributed by atoms with Crippen LogP contribution in [0.1, 0.15) is 48.4 Å². The highest BCUT2D eigenvalue weighted by Gasteiger charge is 2.27. The number of rotatable bonds is 9. The molecule has 1 unspecified atom stereocenters. The van der Waals surface area contributed by atoms with Crippen molar-refractivity contribution in [3.8, 4) is 0 Å². The van der Waals surface area contributed by atoms with Crippen LogP contribution >= 0.6 is 11.6 Å². The summed E-state index contributed by atoms with van der Waals surface area (Å²) in [6, 6.07) is 9.94. The normalized spacial score (nSPS) is 12.3. The largest absolute Gasteiger partial charge is 0.451 e. The quantitative estimate of drug-likeness (QED) is 0.432. The molecule has 10 heteroatoms. The number of halogens is 1. The first-order valence-electron chi connectivity index (χ1n) is 9.93. The van der Waals surface area contributed by atoms with Gasteiger partial charge in [0, 0.05) is 31.3 Å². The van der Waals surface area contributed by atoms with Gasteiger partial charge in [0.1, 0.15) is 4.90 Å². The maximum atomic E-state index is 12.8. The average molecular weight is 481 g/mol. The van der Waals surface area contributed by atoms with Gasteiger partial charge in [-0.3, -0.25) is 9.59 Å². The first-order chi connectivity index (χ1) is 15.0. The van der Waals surface area contributed by atoms with Gasteiger partial charge in [-0.15, -0.1) is 0 Å². The van der Waals surface area contributed by atoms with E-state index in [2.05, 4.69) is 5.32 Å². The van der Waals surface area contributed by atoms with Gasteiger partial charge >= 0.3 is 5.97 Å². The molecule has 0 aliphatic carbocycles. The molecule has 2 aromatic rings. The van der Waals surface area contributed by atoms with E-state index in [-0.39, 0.29) is 34.5 Å². The molecule has 1 amide bonds. The van der Waals surface area contributed by atoms with E-state index in [1.54, 1.807) is 26.0 Å². The van der Waals surface area contributed by atoms with Gasteiger partial charge in [-0.2, -0.15) is 4.31 Å². The fraction of sp³-hybridized carbons (Fsp3) is 0.318. The number of esters is 1. The van der Waals surface area contributed by atoms with Crippen LogP contribution in [0.3, 0.4) is 0 Å². The molecule has 0 saturated heterocycles. The predicted octanol–water partition coefficient (Wildman–Crippen LogP) is 3.76. The van der Waals surface area contributed by atoms with Crippen LogP contribution in [0, 0.1) is 0 Å². The number of sulfonamides is 1. The van der Waals surface area contributed by atoms with Crippen LogP contribution in [0.25, 0.3) is 0 Å². The molecule has 0 radical (unpaired) electrons. The molecule has 0 fully saturated rings. The van der Waals surface area contributed by atoms with E-state index in [1.165, 1.54) is 42.4 Å². The van der Waals surface area contributed by atoms with Crippen molar-refractivity contribution < 1.29 is 27.5 Å². The van der Waals surface area contributed by atoms with E-state index in [1.807, 2.05) is 0 Å². The van der Waals surface area contributed by atoms with Gasteiger partial charge in [-0.1, -0.05) is 25.4 Å². The molecule has 2 aromatic carbocycles. The van der Waals surface area contributed by atoms with E-state index in [0.717, 1.165) is 6.07 Å². The van der Waals surface area contributed by atoms with Crippen molar-refractivity contribution in [3.63, 3.8) is 0 Å². The molecule has 0 spiro atoms. The number of nitrogens with one attached hydrogen (secondary N) is 1. The number of hydrogen-bond donors (Lipinski definition) is 1. The minimum absolute atomic E-state index is 0.0168. The van der Waals surface area contributed by atoms with Crippen molar-refractivity contribution in [2.45, 2.75) is 38.7 Å². The van der Waals surface area contributed by atoms with E-state index in [4.69, 9.17) is 16.3 Å². The molecule has 0 bridgehead atoms. The highest BCUT2D eigenvalue weighted by Crippen LogP contribution is 2.26. The summed E-state index contributed by atoms with van der Waals surface area (Å²) in [6.45, 7) is 6.68. The monoisotopic (exact) mass is 480 g/mol. The molecule has 0 aliphatic rings. The summed E-state index contributed by atoms with van der Waals surface area (Å²) < 4.78 is 32.1. The Morgan fingerprint density at radius 2 is 1.59 bits per heavy atom. The molecule has 0 aromatic heterocycles. The second-order valence-electron chi connectivity index (χ2n) is 6.90. The number of carbonyl (C=O) groups excluding carboxylic acids is 3. The lowest BCUT2D eigenvalue weighted by atomic mass is 10.1. The zero-order valence-corrected chi connectivity index (χ0v) is 19.8. The fourth-order valence-corrected chi connectivity index (χ4v) is 4.93. The SMILES string of the molecule is CCN(CC)S(=O)(=O)c1cc(C(=O)OC(C)C(=O)c2ccc(NC(C)=O)cc2)ccc1Cl. The van der Waals surface area contributed by atoms with Gasteiger partial charge in [0.05, 0.1) is 10.6 Å². The van der Waals surface area contributed by atoms with Crippen LogP contribution in [0.15, 0.2) is 47.4 Å². The number of benzene rings is 2. The van der Waals surface area contributed by atoms with Crippen LogP contribution in [-0.4, -0.2) is 49.6 Å². The van der Waals surface area contributed by atoms with Gasteiger partial charge in [-0.05, 0) is 49.4 Å². The van der Waals surface area contributed by atoms with Crippen molar-refractivity contribution in [3.05, 3.63) is 58.6 Å². The molecule has 0 saturated carbocycles. The van der Waals surface area contributed by atoms with Crippen LogP contribution < -0.4 is 5.32 Å². The topological polar surface area (TPSA) is 110 Å². The summed E-state index contributed by atoms with van der Waals surface area (Å²) in [5.41, 5.74) is 0.780. The minimum atomic E-state index is -3.89. The highest BCUT2D eigenvalue weighted by atomic mass is 35.5. The molecule has 0 aliphatic heterocycles.